The minimum Gasteiger partial charge on any atom is -0.478 e. The molecule has 0 saturated heterocycles. The van der Waals surface area contributed by atoms with Crippen LogP contribution in [0.4, 0.5) is 0 Å². The number of carboxylic acids is 1. The Morgan fingerprint density at radius 1 is 1.26 bits per heavy atom. The number of benzene rings is 1. The molecule has 0 atom stereocenters. The zero-order valence-corrected chi connectivity index (χ0v) is 11.0. The van der Waals surface area contributed by atoms with E-state index in [1.807, 2.05) is 26.0 Å². The fourth-order valence-electron chi connectivity index (χ4n) is 2.66. The SMILES string of the molecule is CC(C)c1nc2c(cc1C(=O)O)Cc1ccccc1-2. The zero-order valence-electron chi connectivity index (χ0n) is 11.0. The van der Waals surface area contributed by atoms with Crippen molar-refractivity contribution in [3.63, 3.8) is 0 Å². The van der Waals surface area contributed by atoms with Gasteiger partial charge in [0.25, 0.3) is 0 Å². The number of aromatic nitrogens is 1. The molecule has 0 saturated carbocycles. The van der Waals surface area contributed by atoms with E-state index in [-0.39, 0.29) is 5.92 Å². The van der Waals surface area contributed by atoms with Crippen molar-refractivity contribution in [3.8, 4) is 11.3 Å². The van der Waals surface area contributed by atoms with Crippen LogP contribution in [0.3, 0.4) is 0 Å². The van der Waals surface area contributed by atoms with E-state index < -0.39 is 5.97 Å². The van der Waals surface area contributed by atoms with E-state index in [0.29, 0.717) is 11.3 Å². The van der Waals surface area contributed by atoms with Crippen LogP contribution >= 0.6 is 0 Å². The third-order valence-electron chi connectivity index (χ3n) is 3.56. The van der Waals surface area contributed by atoms with Crippen LogP contribution in [-0.2, 0) is 6.42 Å². The number of rotatable bonds is 2. The summed E-state index contributed by atoms with van der Waals surface area (Å²) in [5.41, 5.74) is 5.33. The van der Waals surface area contributed by atoms with Gasteiger partial charge in [0.1, 0.15) is 0 Å². The highest BCUT2D eigenvalue weighted by molar-refractivity contribution is 5.90. The number of aromatic carboxylic acids is 1. The predicted molar refractivity (Wildman–Crippen MR) is 73.5 cm³/mol. The molecule has 0 spiro atoms. The smallest absolute Gasteiger partial charge is 0.337 e. The van der Waals surface area contributed by atoms with Gasteiger partial charge in [-0.2, -0.15) is 0 Å². The molecule has 3 rings (SSSR count). The van der Waals surface area contributed by atoms with Gasteiger partial charge in [0.2, 0.25) is 0 Å². The van der Waals surface area contributed by atoms with Crippen LogP contribution in [0.1, 0.15) is 46.9 Å². The topological polar surface area (TPSA) is 50.2 Å². The van der Waals surface area contributed by atoms with Crippen LogP contribution in [0.15, 0.2) is 30.3 Å². The number of fused-ring (bicyclic) bond motifs is 3. The van der Waals surface area contributed by atoms with E-state index in [9.17, 15) is 9.90 Å². The molecule has 3 heteroatoms. The molecule has 1 heterocycles. The van der Waals surface area contributed by atoms with Crippen LogP contribution in [0.5, 0.6) is 0 Å². The van der Waals surface area contributed by atoms with Crippen LogP contribution in [-0.4, -0.2) is 16.1 Å². The quantitative estimate of drug-likeness (QED) is 0.760. The molecule has 1 aliphatic rings. The molecule has 96 valence electrons. The summed E-state index contributed by atoms with van der Waals surface area (Å²) in [5, 5.41) is 9.32. The molecule has 2 aromatic rings. The maximum absolute atomic E-state index is 11.4. The lowest BCUT2D eigenvalue weighted by molar-refractivity contribution is 0.0694. The van der Waals surface area contributed by atoms with E-state index in [2.05, 4.69) is 17.1 Å². The van der Waals surface area contributed by atoms with Crippen molar-refractivity contribution in [2.45, 2.75) is 26.2 Å². The predicted octanol–water partition coefficient (Wildman–Crippen LogP) is 3.47. The highest BCUT2D eigenvalue weighted by Gasteiger charge is 2.24. The maximum Gasteiger partial charge on any atom is 0.337 e. The van der Waals surface area contributed by atoms with Gasteiger partial charge in [0, 0.05) is 12.0 Å². The molecule has 0 fully saturated rings. The molecule has 0 amide bonds. The van der Waals surface area contributed by atoms with Crippen molar-refractivity contribution >= 4 is 5.97 Å². The van der Waals surface area contributed by atoms with E-state index >= 15 is 0 Å². The van der Waals surface area contributed by atoms with Crippen LogP contribution < -0.4 is 0 Å². The van der Waals surface area contributed by atoms with Gasteiger partial charge in [-0.05, 0) is 23.1 Å². The molecule has 0 radical (unpaired) electrons. The molecular weight excluding hydrogens is 238 g/mol. The highest BCUT2D eigenvalue weighted by Crippen LogP contribution is 2.37. The third kappa shape index (κ3) is 1.82. The van der Waals surface area contributed by atoms with Gasteiger partial charge in [-0.3, -0.25) is 4.98 Å². The number of hydrogen-bond donors (Lipinski definition) is 1. The largest absolute Gasteiger partial charge is 0.478 e. The van der Waals surface area contributed by atoms with Crippen molar-refractivity contribution in [1.82, 2.24) is 4.98 Å². The average molecular weight is 253 g/mol. The minimum absolute atomic E-state index is 0.101. The van der Waals surface area contributed by atoms with Crippen molar-refractivity contribution in [3.05, 3.63) is 52.7 Å². The average Bonchev–Trinajstić information content (AvgIpc) is 2.74. The molecule has 0 aliphatic heterocycles. The normalized spacial score (nSPS) is 12.4. The molecule has 1 aliphatic carbocycles. The molecule has 1 aromatic carbocycles. The number of carboxylic acid groups (broad SMARTS) is 1. The van der Waals surface area contributed by atoms with Crippen LogP contribution in [0.2, 0.25) is 0 Å². The van der Waals surface area contributed by atoms with E-state index in [4.69, 9.17) is 0 Å². The van der Waals surface area contributed by atoms with Crippen molar-refractivity contribution < 1.29 is 9.90 Å². The molecule has 0 bridgehead atoms. The lowest BCUT2D eigenvalue weighted by Gasteiger charge is -2.11. The summed E-state index contributed by atoms with van der Waals surface area (Å²) in [6, 6.07) is 9.92. The van der Waals surface area contributed by atoms with Crippen molar-refractivity contribution in [1.29, 1.82) is 0 Å². The van der Waals surface area contributed by atoms with E-state index in [0.717, 1.165) is 23.2 Å². The molecular formula is C16H15NO2. The summed E-state index contributed by atoms with van der Waals surface area (Å²) in [6.07, 6.45) is 0.775. The fourth-order valence-corrected chi connectivity index (χ4v) is 2.66. The van der Waals surface area contributed by atoms with Gasteiger partial charge < -0.3 is 5.11 Å². The maximum atomic E-state index is 11.4. The molecule has 19 heavy (non-hydrogen) atoms. The monoisotopic (exact) mass is 253 g/mol. The molecule has 1 N–H and O–H groups in total. The van der Waals surface area contributed by atoms with Crippen molar-refractivity contribution in [2.24, 2.45) is 0 Å². The zero-order chi connectivity index (χ0) is 13.6. The number of hydrogen-bond acceptors (Lipinski definition) is 2. The van der Waals surface area contributed by atoms with Gasteiger partial charge >= 0.3 is 5.97 Å². The Labute approximate surface area is 111 Å². The van der Waals surface area contributed by atoms with Gasteiger partial charge in [-0.1, -0.05) is 38.1 Å². The Bertz CT molecular complexity index is 674. The third-order valence-corrected chi connectivity index (χ3v) is 3.56. The Morgan fingerprint density at radius 2 is 2.00 bits per heavy atom. The lowest BCUT2D eigenvalue weighted by atomic mass is 10.0. The van der Waals surface area contributed by atoms with Crippen molar-refractivity contribution in [2.75, 3.05) is 0 Å². The first-order chi connectivity index (χ1) is 9.08. The van der Waals surface area contributed by atoms with Gasteiger partial charge in [0.15, 0.2) is 0 Å². The number of carbonyl (C=O) groups is 1. The van der Waals surface area contributed by atoms with Crippen LogP contribution in [0.25, 0.3) is 11.3 Å². The summed E-state index contributed by atoms with van der Waals surface area (Å²) in [7, 11) is 0. The number of nitrogens with zero attached hydrogens (tertiary/aromatic N) is 1. The standard InChI is InChI=1S/C16H15NO2/c1-9(2)14-13(16(18)19)8-11-7-10-5-3-4-6-12(10)15(11)17-14/h3-6,8-9H,7H2,1-2H3,(H,18,19). The summed E-state index contributed by atoms with van der Waals surface area (Å²) < 4.78 is 0. The summed E-state index contributed by atoms with van der Waals surface area (Å²) in [5.74, 6) is -0.792. The first-order valence-electron chi connectivity index (χ1n) is 6.43. The number of pyridine rings is 1. The van der Waals surface area contributed by atoms with Crippen LogP contribution in [0, 0.1) is 0 Å². The first-order valence-corrected chi connectivity index (χ1v) is 6.43. The Kier molecular flexibility index (Phi) is 2.63. The Balaban J connectivity index is 2.24. The Hall–Kier alpha value is -2.16. The van der Waals surface area contributed by atoms with Gasteiger partial charge in [-0.15, -0.1) is 0 Å². The molecule has 1 aromatic heterocycles. The summed E-state index contributed by atoms with van der Waals surface area (Å²) >= 11 is 0. The Morgan fingerprint density at radius 3 is 2.68 bits per heavy atom. The van der Waals surface area contributed by atoms with E-state index in [1.165, 1.54) is 5.56 Å². The first kappa shape index (κ1) is 11.9. The summed E-state index contributed by atoms with van der Waals surface area (Å²) in [6.45, 7) is 3.95. The molecule has 3 nitrogen and oxygen atoms in total. The molecule has 0 unspecified atom stereocenters. The second-order valence-corrected chi connectivity index (χ2v) is 5.22. The van der Waals surface area contributed by atoms with Gasteiger partial charge in [0.05, 0.1) is 17.0 Å². The second-order valence-electron chi connectivity index (χ2n) is 5.22. The van der Waals surface area contributed by atoms with Gasteiger partial charge in [-0.25, -0.2) is 4.79 Å². The lowest BCUT2D eigenvalue weighted by Crippen LogP contribution is -2.08. The summed E-state index contributed by atoms with van der Waals surface area (Å²) in [4.78, 5) is 16.0. The second kappa shape index (κ2) is 4.19. The minimum atomic E-state index is -0.894. The fraction of sp³-hybridized carbons (Fsp3) is 0.250. The highest BCUT2D eigenvalue weighted by atomic mass is 16.4. The van der Waals surface area contributed by atoms with E-state index in [1.54, 1.807) is 6.07 Å².